The van der Waals surface area contributed by atoms with Crippen LogP contribution in [0.5, 0.6) is 0 Å². The van der Waals surface area contributed by atoms with Crippen LogP contribution in [0, 0.1) is 0 Å². The van der Waals surface area contributed by atoms with Crippen molar-refractivity contribution in [3.63, 3.8) is 0 Å². The fourth-order valence-corrected chi connectivity index (χ4v) is 2.29. The number of alkyl halides is 3. The second-order valence-electron chi connectivity index (χ2n) is 3.67. The first-order chi connectivity index (χ1) is 8.47. The zero-order chi connectivity index (χ0) is 13.2. The molecule has 0 aliphatic rings. The van der Waals surface area contributed by atoms with Gasteiger partial charge in [0.15, 0.2) is 0 Å². The van der Waals surface area contributed by atoms with Gasteiger partial charge < -0.3 is 5.73 Å². The third-order valence-electron chi connectivity index (χ3n) is 2.31. The lowest BCUT2D eigenvalue weighted by Gasteiger charge is -2.10. The molecule has 0 spiro atoms. The van der Waals surface area contributed by atoms with Gasteiger partial charge in [0.05, 0.1) is 5.56 Å². The Labute approximate surface area is 107 Å². The Balaban J connectivity index is 2.26. The molecule has 0 atom stereocenters. The van der Waals surface area contributed by atoms with E-state index in [4.69, 9.17) is 5.73 Å². The molecular formula is C13H10F3NS. The van der Waals surface area contributed by atoms with E-state index in [1.54, 1.807) is 0 Å². The second-order valence-corrected chi connectivity index (χ2v) is 4.78. The fraction of sp³-hybridized carbons (Fsp3) is 0.0769. The Bertz CT molecular complexity index is 538. The Morgan fingerprint density at radius 1 is 0.944 bits per heavy atom. The molecule has 94 valence electrons. The van der Waals surface area contributed by atoms with Gasteiger partial charge in [-0.3, -0.25) is 0 Å². The van der Waals surface area contributed by atoms with Crippen molar-refractivity contribution in [1.29, 1.82) is 0 Å². The van der Waals surface area contributed by atoms with Crippen LogP contribution in [-0.2, 0) is 6.18 Å². The zero-order valence-electron chi connectivity index (χ0n) is 9.24. The number of anilines is 1. The van der Waals surface area contributed by atoms with Gasteiger partial charge in [-0.2, -0.15) is 13.2 Å². The van der Waals surface area contributed by atoms with Gasteiger partial charge in [0.1, 0.15) is 0 Å². The van der Waals surface area contributed by atoms with Crippen molar-refractivity contribution >= 4 is 17.4 Å². The van der Waals surface area contributed by atoms with Crippen LogP contribution in [0.4, 0.5) is 18.9 Å². The van der Waals surface area contributed by atoms with Crippen molar-refractivity contribution in [2.45, 2.75) is 16.0 Å². The predicted molar refractivity (Wildman–Crippen MR) is 66.4 cm³/mol. The van der Waals surface area contributed by atoms with Crippen LogP contribution in [0.3, 0.4) is 0 Å². The smallest absolute Gasteiger partial charge is 0.398 e. The van der Waals surface area contributed by atoms with Crippen LogP contribution in [0.1, 0.15) is 5.56 Å². The van der Waals surface area contributed by atoms with Crippen molar-refractivity contribution in [2.75, 3.05) is 5.73 Å². The van der Waals surface area contributed by atoms with Crippen LogP contribution >= 0.6 is 11.8 Å². The number of hydrogen-bond donors (Lipinski definition) is 1. The molecule has 0 amide bonds. The summed E-state index contributed by atoms with van der Waals surface area (Å²) < 4.78 is 37.4. The van der Waals surface area contributed by atoms with Gasteiger partial charge in [-0.05, 0) is 30.3 Å². The quantitative estimate of drug-likeness (QED) is 0.816. The van der Waals surface area contributed by atoms with Gasteiger partial charge in [0.2, 0.25) is 0 Å². The molecule has 0 fully saturated rings. The summed E-state index contributed by atoms with van der Waals surface area (Å²) in [5.74, 6) is 0. The summed E-state index contributed by atoms with van der Waals surface area (Å²) in [6.07, 6.45) is -4.36. The van der Waals surface area contributed by atoms with E-state index in [9.17, 15) is 13.2 Å². The summed E-state index contributed by atoms with van der Waals surface area (Å²) in [5, 5.41) is 0. The Morgan fingerprint density at radius 2 is 1.61 bits per heavy atom. The number of benzene rings is 2. The molecule has 5 heteroatoms. The Hall–Kier alpha value is -1.62. The van der Waals surface area contributed by atoms with E-state index in [-0.39, 0.29) is 5.69 Å². The first kappa shape index (κ1) is 12.8. The highest BCUT2D eigenvalue weighted by atomic mass is 32.2. The molecule has 0 saturated carbocycles. The van der Waals surface area contributed by atoms with Gasteiger partial charge in [0, 0.05) is 15.5 Å². The molecule has 2 rings (SSSR count). The number of rotatable bonds is 2. The minimum Gasteiger partial charge on any atom is -0.398 e. The third-order valence-corrected chi connectivity index (χ3v) is 3.41. The van der Waals surface area contributed by atoms with E-state index in [0.717, 1.165) is 17.0 Å². The second kappa shape index (κ2) is 4.94. The molecule has 0 unspecified atom stereocenters. The fourth-order valence-electron chi connectivity index (χ4n) is 1.43. The summed E-state index contributed by atoms with van der Waals surface area (Å²) in [5.41, 5.74) is 5.06. The van der Waals surface area contributed by atoms with E-state index < -0.39 is 11.7 Å². The maximum atomic E-state index is 12.5. The van der Waals surface area contributed by atoms with Crippen LogP contribution in [0.15, 0.2) is 58.3 Å². The van der Waals surface area contributed by atoms with Crippen molar-refractivity contribution in [3.8, 4) is 0 Å². The average molecular weight is 269 g/mol. The van der Waals surface area contributed by atoms with E-state index >= 15 is 0 Å². The monoisotopic (exact) mass is 269 g/mol. The van der Waals surface area contributed by atoms with Gasteiger partial charge in [-0.25, -0.2) is 0 Å². The molecule has 0 bridgehead atoms. The summed E-state index contributed by atoms with van der Waals surface area (Å²) in [7, 11) is 0. The van der Waals surface area contributed by atoms with Crippen molar-refractivity contribution in [3.05, 3.63) is 54.1 Å². The van der Waals surface area contributed by atoms with Crippen LogP contribution in [0.25, 0.3) is 0 Å². The molecule has 0 saturated heterocycles. The molecule has 0 aliphatic heterocycles. The van der Waals surface area contributed by atoms with Crippen molar-refractivity contribution in [1.82, 2.24) is 0 Å². The molecule has 1 nitrogen and oxygen atoms in total. The highest BCUT2D eigenvalue weighted by molar-refractivity contribution is 7.99. The molecule has 0 heterocycles. The molecular weight excluding hydrogens is 259 g/mol. The lowest BCUT2D eigenvalue weighted by molar-refractivity contribution is -0.137. The predicted octanol–water partition coefficient (Wildman–Crippen LogP) is 4.44. The largest absolute Gasteiger partial charge is 0.416 e. The van der Waals surface area contributed by atoms with E-state index in [0.29, 0.717) is 4.90 Å². The maximum Gasteiger partial charge on any atom is 0.416 e. The lowest BCUT2D eigenvalue weighted by atomic mass is 10.2. The number of hydrogen-bond acceptors (Lipinski definition) is 2. The summed E-state index contributed by atoms with van der Waals surface area (Å²) in [4.78, 5) is 1.55. The van der Waals surface area contributed by atoms with E-state index in [2.05, 4.69) is 0 Å². The van der Waals surface area contributed by atoms with Gasteiger partial charge >= 0.3 is 6.18 Å². The molecule has 0 aromatic heterocycles. The van der Waals surface area contributed by atoms with Crippen molar-refractivity contribution < 1.29 is 13.2 Å². The lowest BCUT2D eigenvalue weighted by Crippen LogP contribution is -2.05. The standard InChI is InChI=1S/C13H10F3NS/c14-13(15,16)9-6-7-12(11(17)8-9)18-10-4-2-1-3-5-10/h1-8H,17H2. The number of halogens is 3. The summed E-state index contributed by atoms with van der Waals surface area (Å²) >= 11 is 1.34. The SMILES string of the molecule is Nc1cc(C(F)(F)F)ccc1Sc1ccccc1. The van der Waals surface area contributed by atoms with Crippen molar-refractivity contribution in [2.24, 2.45) is 0 Å². The highest BCUT2D eigenvalue weighted by Crippen LogP contribution is 2.36. The molecule has 0 radical (unpaired) electrons. The highest BCUT2D eigenvalue weighted by Gasteiger charge is 2.30. The van der Waals surface area contributed by atoms with Crippen LogP contribution in [0.2, 0.25) is 0 Å². The molecule has 2 N–H and O–H groups in total. The molecule has 2 aromatic rings. The van der Waals surface area contributed by atoms with Gasteiger partial charge in [0.25, 0.3) is 0 Å². The first-order valence-electron chi connectivity index (χ1n) is 5.16. The first-order valence-corrected chi connectivity index (χ1v) is 5.98. The molecule has 2 aromatic carbocycles. The summed E-state index contributed by atoms with van der Waals surface area (Å²) in [6.45, 7) is 0. The number of nitrogens with two attached hydrogens (primary N) is 1. The maximum absolute atomic E-state index is 12.5. The Kier molecular flexibility index (Phi) is 3.52. The zero-order valence-corrected chi connectivity index (χ0v) is 10.1. The Morgan fingerprint density at radius 3 is 2.17 bits per heavy atom. The molecule has 0 aliphatic carbocycles. The molecule has 18 heavy (non-hydrogen) atoms. The third kappa shape index (κ3) is 2.98. The van der Waals surface area contributed by atoms with Gasteiger partial charge in [-0.1, -0.05) is 30.0 Å². The average Bonchev–Trinajstić information content (AvgIpc) is 2.32. The van der Waals surface area contributed by atoms with E-state index in [1.165, 1.54) is 17.8 Å². The number of nitrogen functional groups attached to an aromatic ring is 1. The normalized spacial score (nSPS) is 11.5. The topological polar surface area (TPSA) is 26.0 Å². The summed E-state index contributed by atoms with van der Waals surface area (Å²) in [6, 6.07) is 12.8. The van der Waals surface area contributed by atoms with E-state index in [1.807, 2.05) is 30.3 Å². The minimum absolute atomic E-state index is 0.138. The van der Waals surface area contributed by atoms with Crippen LogP contribution in [-0.4, -0.2) is 0 Å². The minimum atomic E-state index is -4.36. The van der Waals surface area contributed by atoms with Gasteiger partial charge in [-0.15, -0.1) is 0 Å². The van der Waals surface area contributed by atoms with Crippen LogP contribution < -0.4 is 5.73 Å².